The van der Waals surface area contributed by atoms with Crippen LogP contribution in [0.5, 0.6) is 0 Å². The van der Waals surface area contributed by atoms with Crippen LogP contribution in [0.25, 0.3) is 0 Å². The molecule has 0 aliphatic carbocycles. The van der Waals surface area contributed by atoms with Gasteiger partial charge in [0.25, 0.3) is 10.0 Å². The van der Waals surface area contributed by atoms with Crippen LogP contribution in [0, 0.1) is 13.8 Å². The number of nitrogens with zero attached hydrogens (tertiary/aromatic N) is 2. The summed E-state index contributed by atoms with van der Waals surface area (Å²) in [6.45, 7) is 11.2. The lowest BCUT2D eigenvalue weighted by Crippen LogP contribution is -2.56. The Morgan fingerprint density at radius 3 is 1.91 bits per heavy atom. The van der Waals surface area contributed by atoms with Crippen molar-refractivity contribution in [3.63, 3.8) is 0 Å². The highest BCUT2D eigenvalue weighted by atomic mass is 32.2. The van der Waals surface area contributed by atoms with Crippen LogP contribution in [0.2, 0.25) is 0 Å². The van der Waals surface area contributed by atoms with E-state index in [9.17, 15) is 18.0 Å². The summed E-state index contributed by atoms with van der Waals surface area (Å²) in [4.78, 5) is 30.3. The third-order valence-electron chi connectivity index (χ3n) is 7.77. The Hall–Kier alpha value is -4.43. The molecule has 4 aromatic carbocycles. The van der Waals surface area contributed by atoms with Crippen LogP contribution in [-0.4, -0.2) is 43.3 Å². The Kier molecular flexibility index (Phi) is 11.1. The SMILES string of the molecule is CCc1ccccc1N(CC(=O)N(Cc1ccc(C)cc1)C(Cc1ccccc1)C(=O)NC(C)(C)C)S(=O)(=O)c1ccc(C)cc1. The maximum atomic E-state index is 14.7. The lowest BCUT2D eigenvalue weighted by molar-refractivity contribution is -0.140. The van der Waals surface area contributed by atoms with E-state index in [0.717, 1.165) is 27.8 Å². The van der Waals surface area contributed by atoms with Crippen molar-refractivity contribution < 1.29 is 18.0 Å². The zero-order valence-corrected chi connectivity index (χ0v) is 28.5. The fraction of sp³-hybridized carbons (Fsp3) is 0.316. The minimum absolute atomic E-state index is 0.0909. The van der Waals surface area contributed by atoms with Crippen LogP contribution in [-0.2, 0) is 39.0 Å². The molecular weight excluding hydrogens is 595 g/mol. The Bertz CT molecular complexity index is 1730. The number of carbonyl (C=O) groups excluding carboxylic acids is 2. The number of amides is 2. The number of nitrogens with one attached hydrogen (secondary N) is 1. The molecule has 4 rings (SSSR count). The number of para-hydroxylation sites is 1. The minimum Gasteiger partial charge on any atom is -0.350 e. The largest absolute Gasteiger partial charge is 0.350 e. The van der Waals surface area contributed by atoms with Crippen molar-refractivity contribution in [2.24, 2.45) is 0 Å². The van der Waals surface area contributed by atoms with Crippen LogP contribution in [0.15, 0.2) is 108 Å². The molecule has 0 aromatic heterocycles. The Morgan fingerprint density at radius 2 is 1.33 bits per heavy atom. The van der Waals surface area contributed by atoms with Crippen molar-refractivity contribution in [1.29, 1.82) is 0 Å². The molecule has 0 aliphatic rings. The summed E-state index contributed by atoms with van der Waals surface area (Å²) >= 11 is 0. The van der Waals surface area contributed by atoms with E-state index in [0.29, 0.717) is 12.1 Å². The molecule has 2 amide bonds. The first kappa shape index (κ1) is 34.4. The second kappa shape index (κ2) is 14.8. The third-order valence-corrected chi connectivity index (χ3v) is 9.55. The summed E-state index contributed by atoms with van der Waals surface area (Å²) in [6.07, 6.45) is 0.832. The molecule has 0 aliphatic heterocycles. The van der Waals surface area contributed by atoms with Gasteiger partial charge in [-0.2, -0.15) is 0 Å². The number of anilines is 1. The summed E-state index contributed by atoms with van der Waals surface area (Å²) in [5, 5.41) is 3.07. The van der Waals surface area contributed by atoms with Gasteiger partial charge >= 0.3 is 0 Å². The van der Waals surface area contributed by atoms with Crippen LogP contribution >= 0.6 is 0 Å². The number of rotatable bonds is 12. The van der Waals surface area contributed by atoms with Gasteiger partial charge in [0, 0.05) is 18.5 Å². The van der Waals surface area contributed by atoms with Gasteiger partial charge in [-0.25, -0.2) is 8.42 Å². The van der Waals surface area contributed by atoms with Gasteiger partial charge in [-0.1, -0.05) is 103 Å². The molecular formula is C38H45N3O4S. The highest BCUT2D eigenvalue weighted by Crippen LogP contribution is 2.29. The van der Waals surface area contributed by atoms with E-state index in [4.69, 9.17) is 0 Å². The maximum Gasteiger partial charge on any atom is 0.264 e. The molecule has 1 atom stereocenters. The minimum atomic E-state index is -4.16. The van der Waals surface area contributed by atoms with Gasteiger partial charge in [-0.3, -0.25) is 13.9 Å². The summed E-state index contributed by atoms with van der Waals surface area (Å²) in [5.74, 6) is -0.786. The molecule has 7 nitrogen and oxygen atoms in total. The molecule has 0 saturated carbocycles. The highest BCUT2D eigenvalue weighted by Gasteiger charge is 2.36. The van der Waals surface area contributed by atoms with Crippen molar-refractivity contribution >= 4 is 27.5 Å². The quantitative estimate of drug-likeness (QED) is 0.189. The second-order valence-corrected chi connectivity index (χ2v) is 14.6. The average Bonchev–Trinajstić information content (AvgIpc) is 3.02. The van der Waals surface area contributed by atoms with E-state index in [1.54, 1.807) is 36.4 Å². The average molecular weight is 640 g/mol. The lowest BCUT2D eigenvalue weighted by atomic mass is 10.0. The predicted octanol–water partition coefficient (Wildman–Crippen LogP) is 6.62. The van der Waals surface area contributed by atoms with Crippen LogP contribution in [0.4, 0.5) is 5.69 Å². The second-order valence-electron chi connectivity index (χ2n) is 12.8. The van der Waals surface area contributed by atoms with Gasteiger partial charge in [-0.15, -0.1) is 0 Å². The van der Waals surface area contributed by atoms with Crippen molar-refractivity contribution in [1.82, 2.24) is 10.2 Å². The highest BCUT2D eigenvalue weighted by molar-refractivity contribution is 7.92. The number of carbonyl (C=O) groups is 2. The molecule has 0 heterocycles. The number of hydrogen-bond donors (Lipinski definition) is 1. The van der Waals surface area contributed by atoms with Gasteiger partial charge in [0.15, 0.2) is 0 Å². The van der Waals surface area contributed by atoms with Crippen molar-refractivity contribution in [3.05, 3.63) is 131 Å². The van der Waals surface area contributed by atoms with Crippen LogP contribution in [0.1, 0.15) is 55.5 Å². The van der Waals surface area contributed by atoms with E-state index in [1.807, 2.05) is 108 Å². The smallest absolute Gasteiger partial charge is 0.264 e. The van der Waals surface area contributed by atoms with Crippen LogP contribution < -0.4 is 9.62 Å². The van der Waals surface area contributed by atoms with Gasteiger partial charge in [0.1, 0.15) is 12.6 Å². The zero-order chi connectivity index (χ0) is 33.5. The van der Waals surface area contributed by atoms with Gasteiger partial charge in [-0.05, 0) is 75.9 Å². The molecule has 0 radical (unpaired) electrons. The first-order valence-corrected chi connectivity index (χ1v) is 17.1. The van der Waals surface area contributed by atoms with Crippen molar-refractivity contribution in [2.75, 3.05) is 10.8 Å². The van der Waals surface area contributed by atoms with Crippen LogP contribution in [0.3, 0.4) is 0 Å². The topological polar surface area (TPSA) is 86.8 Å². The molecule has 46 heavy (non-hydrogen) atoms. The molecule has 0 bridgehead atoms. The number of hydrogen-bond acceptors (Lipinski definition) is 4. The van der Waals surface area contributed by atoms with E-state index < -0.39 is 34.1 Å². The Labute approximate surface area is 274 Å². The predicted molar refractivity (Wildman–Crippen MR) is 185 cm³/mol. The maximum absolute atomic E-state index is 14.7. The number of benzene rings is 4. The van der Waals surface area contributed by atoms with Gasteiger partial charge < -0.3 is 10.2 Å². The van der Waals surface area contributed by atoms with Crippen molar-refractivity contribution in [3.8, 4) is 0 Å². The first-order chi connectivity index (χ1) is 21.8. The lowest BCUT2D eigenvalue weighted by Gasteiger charge is -2.35. The molecule has 0 spiro atoms. The first-order valence-electron chi connectivity index (χ1n) is 15.7. The van der Waals surface area contributed by atoms with E-state index >= 15 is 0 Å². The fourth-order valence-corrected chi connectivity index (χ4v) is 6.75. The molecule has 242 valence electrons. The summed E-state index contributed by atoms with van der Waals surface area (Å²) in [5.41, 5.74) is 4.40. The number of sulfonamides is 1. The molecule has 1 N–H and O–H groups in total. The Morgan fingerprint density at radius 1 is 0.761 bits per heavy atom. The fourth-order valence-electron chi connectivity index (χ4n) is 5.30. The molecule has 0 saturated heterocycles. The normalized spacial score (nSPS) is 12.3. The van der Waals surface area contributed by atoms with E-state index in [-0.39, 0.29) is 23.8 Å². The summed E-state index contributed by atoms with van der Waals surface area (Å²) < 4.78 is 29.8. The van der Waals surface area contributed by atoms with E-state index in [1.165, 1.54) is 9.21 Å². The standard InChI is InChI=1S/C38H45N3O4S/c1-7-32-15-11-12-16-34(32)41(46(44,45)33-23-19-29(3)20-24-33)27-36(42)40(26-31-21-17-28(2)18-22-31)35(37(43)39-38(4,5)6)25-30-13-9-8-10-14-30/h8-24,35H,7,25-27H2,1-6H3,(H,39,43). The molecule has 0 fully saturated rings. The van der Waals surface area contributed by atoms with E-state index in [2.05, 4.69) is 5.32 Å². The van der Waals surface area contributed by atoms with Crippen molar-refractivity contribution in [2.45, 2.75) is 77.4 Å². The molecule has 4 aromatic rings. The zero-order valence-electron chi connectivity index (χ0n) is 27.7. The van der Waals surface area contributed by atoms with Gasteiger partial charge in [0.05, 0.1) is 10.6 Å². The summed E-state index contributed by atoms with van der Waals surface area (Å²) in [6, 6.07) is 30.3. The monoisotopic (exact) mass is 639 g/mol. The molecule has 8 heteroatoms. The number of aryl methyl sites for hydroxylation is 3. The Balaban J connectivity index is 1.84. The summed E-state index contributed by atoms with van der Waals surface area (Å²) in [7, 11) is -4.16. The molecule has 1 unspecified atom stereocenters. The van der Waals surface area contributed by atoms with Gasteiger partial charge in [0.2, 0.25) is 11.8 Å². The third kappa shape index (κ3) is 8.85.